The summed E-state index contributed by atoms with van der Waals surface area (Å²) in [4.78, 5) is 3.98. The maximum absolute atomic E-state index is 12.9. The highest BCUT2D eigenvalue weighted by Crippen LogP contribution is 2.15. The fraction of sp³-hybridized carbons (Fsp3) is 0.250. The molecular weight excluding hydrogens is 207 g/mol. The van der Waals surface area contributed by atoms with Crippen molar-refractivity contribution in [3.63, 3.8) is 0 Å². The quantitative estimate of drug-likeness (QED) is 0.864. The number of benzene rings is 1. The number of nitrogens with two attached hydrogens (primary N) is 1. The number of aryl methyl sites for hydroxylation is 3. The van der Waals surface area contributed by atoms with Gasteiger partial charge in [-0.25, -0.2) is 4.39 Å². The number of hydrogen-bond donors (Lipinski definition) is 1. The minimum atomic E-state index is -0.216. The van der Waals surface area contributed by atoms with Crippen molar-refractivity contribution in [1.82, 2.24) is 4.98 Å². The van der Waals surface area contributed by atoms with Gasteiger partial charge in [0.2, 0.25) is 0 Å². The average Bonchev–Trinajstić information content (AvgIpc) is 2.54. The van der Waals surface area contributed by atoms with Crippen LogP contribution >= 0.6 is 0 Å². The number of halogens is 1. The standard InChI is InChI=1S/C12H13FN2O/c1-8-11(16-12(14)15-8)6-5-9-3-2-4-10(13)7-9/h2-4,7H,5-6H2,1H3,(H2,14,15). The molecule has 1 heterocycles. The van der Waals surface area contributed by atoms with E-state index in [0.717, 1.165) is 17.0 Å². The molecule has 1 aromatic carbocycles. The molecule has 0 bridgehead atoms. The molecule has 0 aliphatic rings. The van der Waals surface area contributed by atoms with Crippen LogP contribution in [0.25, 0.3) is 0 Å². The zero-order chi connectivity index (χ0) is 11.5. The maximum atomic E-state index is 12.9. The first-order chi connectivity index (χ1) is 7.65. The van der Waals surface area contributed by atoms with Crippen LogP contribution in [-0.4, -0.2) is 4.98 Å². The van der Waals surface area contributed by atoms with E-state index in [1.54, 1.807) is 6.07 Å². The van der Waals surface area contributed by atoms with Gasteiger partial charge in [0, 0.05) is 6.42 Å². The molecule has 0 spiro atoms. The van der Waals surface area contributed by atoms with E-state index in [4.69, 9.17) is 10.2 Å². The predicted octanol–water partition coefficient (Wildman–Crippen LogP) is 2.49. The Bertz CT molecular complexity index is 494. The van der Waals surface area contributed by atoms with Crippen LogP contribution in [0.2, 0.25) is 0 Å². The number of oxazole rings is 1. The highest BCUT2D eigenvalue weighted by molar-refractivity contribution is 5.21. The Labute approximate surface area is 93.1 Å². The first-order valence-corrected chi connectivity index (χ1v) is 5.11. The van der Waals surface area contributed by atoms with E-state index in [0.29, 0.717) is 12.8 Å². The van der Waals surface area contributed by atoms with Crippen molar-refractivity contribution in [1.29, 1.82) is 0 Å². The summed E-state index contributed by atoms with van der Waals surface area (Å²) in [6.07, 6.45) is 1.40. The van der Waals surface area contributed by atoms with Gasteiger partial charge in [-0.05, 0) is 31.0 Å². The van der Waals surface area contributed by atoms with Gasteiger partial charge in [-0.3, -0.25) is 0 Å². The molecule has 0 fully saturated rings. The molecule has 2 aromatic rings. The van der Waals surface area contributed by atoms with E-state index < -0.39 is 0 Å². The Hall–Kier alpha value is -1.84. The molecular formula is C12H13FN2O. The monoisotopic (exact) mass is 220 g/mol. The van der Waals surface area contributed by atoms with Crippen LogP contribution in [0.5, 0.6) is 0 Å². The van der Waals surface area contributed by atoms with Gasteiger partial charge < -0.3 is 10.2 Å². The molecule has 3 nitrogen and oxygen atoms in total. The molecule has 0 saturated heterocycles. The highest BCUT2D eigenvalue weighted by Gasteiger charge is 2.07. The summed E-state index contributed by atoms with van der Waals surface area (Å²) < 4.78 is 18.2. The van der Waals surface area contributed by atoms with Gasteiger partial charge in [0.05, 0.1) is 5.69 Å². The minimum Gasteiger partial charge on any atom is -0.429 e. The van der Waals surface area contributed by atoms with Crippen molar-refractivity contribution >= 4 is 6.01 Å². The summed E-state index contributed by atoms with van der Waals surface area (Å²) in [5.41, 5.74) is 7.17. The first kappa shape index (κ1) is 10.7. The molecule has 0 atom stereocenters. The Morgan fingerprint density at radius 3 is 2.81 bits per heavy atom. The summed E-state index contributed by atoms with van der Waals surface area (Å²) in [7, 11) is 0. The number of anilines is 1. The third-order valence-corrected chi connectivity index (χ3v) is 2.44. The number of rotatable bonds is 3. The molecule has 0 aliphatic carbocycles. The number of aromatic nitrogens is 1. The molecule has 2 rings (SSSR count). The van der Waals surface area contributed by atoms with E-state index in [1.165, 1.54) is 12.1 Å². The molecule has 1 aromatic heterocycles. The van der Waals surface area contributed by atoms with Gasteiger partial charge in [-0.1, -0.05) is 12.1 Å². The minimum absolute atomic E-state index is 0.187. The third-order valence-electron chi connectivity index (χ3n) is 2.44. The second-order valence-electron chi connectivity index (χ2n) is 3.69. The highest BCUT2D eigenvalue weighted by atomic mass is 19.1. The van der Waals surface area contributed by atoms with Crippen LogP contribution < -0.4 is 5.73 Å². The maximum Gasteiger partial charge on any atom is 0.292 e. The number of nitrogen functional groups attached to an aromatic ring is 1. The van der Waals surface area contributed by atoms with Gasteiger partial charge >= 0.3 is 0 Å². The number of nitrogens with zero attached hydrogens (tertiary/aromatic N) is 1. The van der Waals surface area contributed by atoms with Crippen molar-refractivity contribution in [3.05, 3.63) is 47.1 Å². The van der Waals surface area contributed by atoms with E-state index in [1.807, 2.05) is 13.0 Å². The molecule has 0 aliphatic heterocycles. The summed E-state index contributed by atoms with van der Waals surface area (Å²) in [5, 5.41) is 0. The van der Waals surface area contributed by atoms with E-state index in [-0.39, 0.29) is 11.8 Å². The molecule has 0 radical (unpaired) electrons. The van der Waals surface area contributed by atoms with Crippen molar-refractivity contribution in [2.24, 2.45) is 0 Å². The smallest absolute Gasteiger partial charge is 0.292 e. The van der Waals surface area contributed by atoms with Crippen LogP contribution in [0.3, 0.4) is 0 Å². The van der Waals surface area contributed by atoms with Crippen LogP contribution in [0.1, 0.15) is 17.0 Å². The zero-order valence-electron chi connectivity index (χ0n) is 9.03. The summed E-state index contributed by atoms with van der Waals surface area (Å²) in [6.45, 7) is 1.85. The lowest BCUT2D eigenvalue weighted by Gasteiger charge is -1.99. The van der Waals surface area contributed by atoms with Crippen molar-refractivity contribution in [2.45, 2.75) is 19.8 Å². The molecule has 0 saturated carbocycles. The molecule has 2 N–H and O–H groups in total. The second kappa shape index (κ2) is 4.35. The SMILES string of the molecule is Cc1nc(N)oc1CCc1cccc(F)c1. The Morgan fingerprint density at radius 1 is 1.38 bits per heavy atom. The van der Waals surface area contributed by atoms with Gasteiger partial charge in [0.25, 0.3) is 6.01 Å². The fourth-order valence-electron chi connectivity index (χ4n) is 1.63. The lowest BCUT2D eigenvalue weighted by Crippen LogP contribution is -1.92. The lowest BCUT2D eigenvalue weighted by molar-refractivity contribution is 0.519. The summed E-state index contributed by atoms with van der Waals surface area (Å²) >= 11 is 0. The van der Waals surface area contributed by atoms with Crippen LogP contribution in [-0.2, 0) is 12.8 Å². The topological polar surface area (TPSA) is 52.0 Å². The predicted molar refractivity (Wildman–Crippen MR) is 59.5 cm³/mol. The van der Waals surface area contributed by atoms with Crippen molar-refractivity contribution < 1.29 is 8.81 Å². The van der Waals surface area contributed by atoms with Crippen LogP contribution in [0, 0.1) is 12.7 Å². The summed E-state index contributed by atoms with van der Waals surface area (Å²) in [5.74, 6) is 0.549. The molecule has 16 heavy (non-hydrogen) atoms. The molecule has 4 heteroatoms. The fourth-order valence-corrected chi connectivity index (χ4v) is 1.63. The normalized spacial score (nSPS) is 10.6. The molecule has 0 amide bonds. The van der Waals surface area contributed by atoms with E-state index >= 15 is 0 Å². The number of hydrogen-bond acceptors (Lipinski definition) is 3. The van der Waals surface area contributed by atoms with E-state index in [9.17, 15) is 4.39 Å². The molecule has 0 unspecified atom stereocenters. The van der Waals surface area contributed by atoms with Gasteiger partial charge in [0.15, 0.2) is 0 Å². The van der Waals surface area contributed by atoms with Crippen molar-refractivity contribution in [2.75, 3.05) is 5.73 Å². The lowest BCUT2D eigenvalue weighted by atomic mass is 10.1. The van der Waals surface area contributed by atoms with Gasteiger partial charge in [0.1, 0.15) is 11.6 Å². The summed E-state index contributed by atoms with van der Waals surface area (Å²) in [6, 6.07) is 6.73. The third kappa shape index (κ3) is 2.39. The largest absolute Gasteiger partial charge is 0.429 e. The van der Waals surface area contributed by atoms with Gasteiger partial charge in [-0.15, -0.1) is 0 Å². The molecule has 84 valence electrons. The van der Waals surface area contributed by atoms with Crippen LogP contribution in [0.4, 0.5) is 10.4 Å². The Balaban J connectivity index is 2.05. The van der Waals surface area contributed by atoms with E-state index in [2.05, 4.69) is 4.98 Å². The Morgan fingerprint density at radius 2 is 2.19 bits per heavy atom. The van der Waals surface area contributed by atoms with Crippen molar-refractivity contribution in [3.8, 4) is 0 Å². The second-order valence-corrected chi connectivity index (χ2v) is 3.69. The first-order valence-electron chi connectivity index (χ1n) is 5.11. The van der Waals surface area contributed by atoms with Gasteiger partial charge in [-0.2, -0.15) is 4.98 Å². The Kier molecular flexibility index (Phi) is 2.90. The van der Waals surface area contributed by atoms with Crippen LogP contribution in [0.15, 0.2) is 28.7 Å². The zero-order valence-corrected chi connectivity index (χ0v) is 9.03. The average molecular weight is 220 g/mol.